The molecule has 1 fully saturated rings. The van der Waals surface area contributed by atoms with Gasteiger partial charge in [0.25, 0.3) is 11.8 Å². The lowest BCUT2D eigenvalue weighted by molar-refractivity contribution is 0.0772. The van der Waals surface area contributed by atoms with Gasteiger partial charge in [-0.3, -0.25) is 14.5 Å². The monoisotopic (exact) mass is 368 g/mol. The fourth-order valence-electron chi connectivity index (χ4n) is 2.82. The standard InChI is InChI=1S/C18H28N4O2.ClH/c1-3-22(4-2)18(24)16-7-5-15(6-8-16)17(23)20-11-14-21-12-9-19-10-13-21;/h5-8,19H,3-4,9-14H2,1-2H3,(H,20,23);1H. The number of carbonyl (C=O) groups is 2. The summed E-state index contributed by atoms with van der Waals surface area (Å²) >= 11 is 0. The van der Waals surface area contributed by atoms with E-state index in [-0.39, 0.29) is 24.2 Å². The number of halogens is 1. The van der Waals surface area contributed by atoms with Crippen molar-refractivity contribution < 1.29 is 9.59 Å². The van der Waals surface area contributed by atoms with E-state index in [1.807, 2.05) is 13.8 Å². The molecular formula is C18H29ClN4O2. The molecule has 0 aromatic heterocycles. The van der Waals surface area contributed by atoms with Gasteiger partial charge in [0.15, 0.2) is 0 Å². The SMILES string of the molecule is CCN(CC)C(=O)c1ccc(C(=O)NCCN2CCNCC2)cc1.Cl. The summed E-state index contributed by atoms with van der Waals surface area (Å²) < 4.78 is 0. The predicted molar refractivity (Wildman–Crippen MR) is 103 cm³/mol. The van der Waals surface area contributed by atoms with Crippen LogP contribution in [0.15, 0.2) is 24.3 Å². The van der Waals surface area contributed by atoms with E-state index in [2.05, 4.69) is 15.5 Å². The Balaban J connectivity index is 0.00000312. The van der Waals surface area contributed by atoms with Crippen LogP contribution in [0.5, 0.6) is 0 Å². The van der Waals surface area contributed by atoms with Crippen molar-refractivity contribution >= 4 is 24.2 Å². The molecule has 2 amide bonds. The van der Waals surface area contributed by atoms with E-state index < -0.39 is 0 Å². The second kappa shape index (κ2) is 11.1. The Morgan fingerprint density at radius 2 is 1.64 bits per heavy atom. The molecule has 7 heteroatoms. The molecule has 1 heterocycles. The Labute approximate surface area is 156 Å². The maximum absolute atomic E-state index is 12.2. The summed E-state index contributed by atoms with van der Waals surface area (Å²) in [5.41, 5.74) is 1.21. The highest BCUT2D eigenvalue weighted by Gasteiger charge is 2.14. The molecular weight excluding hydrogens is 340 g/mol. The van der Waals surface area contributed by atoms with Crippen molar-refractivity contribution in [3.63, 3.8) is 0 Å². The van der Waals surface area contributed by atoms with Gasteiger partial charge in [0, 0.05) is 63.5 Å². The van der Waals surface area contributed by atoms with Gasteiger partial charge in [-0.1, -0.05) is 0 Å². The van der Waals surface area contributed by atoms with Gasteiger partial charge < -0.3 is 15.5 Å². The van der Waals surface area contributed by atoms with Crippen LogP contribution < -0.4 is 10.6 Å². The summed E-state index contributed by atoms with van der Waals surface area (Å²) in [6.45, 7) is 10.9. The van der Waals surface area contributed by atoms with E-state index in [4.69, 9.17) is 0 Å². The van der Waals surface area contributed by atoms with Crippen LogP contribution in [0.4, 0.5) is 0 Å². The molecule has 0 unspecified atom stereocenters. The molecule has 1 saturated heterocycles. The third-order valence-corrected chi connectivity index (χ3v) is 4.37. The topological polar surface area (TPSA) is 64.7 Å². The summed E-state index contributed by atoms with van der Waals surface area (Å²) in [6, 6.07) is 6.89. The Morgan fingerprint density at radius 3 is 2.20 bits per heavy atom. The average Bonchev–Trinajstić information content (AvgIpc) is 2.63. The third-order valence-electron chi connectivity index (χ3n) is 4.37. The van der Waals surface area contributed by atoms with Gasteiger partial charge in [0.2, 0.25) is 0 Å². The van der Waals surface area contributed by atoms with E-state index >= 15 is 0 Å². The second-order valence-corrected chi connectivity index (χ2v) is 5.90. The first-order chi connectivity index (χ1) is 11.7. The molecule has 1 aliphatic rings. The van der Waals surface area contributed by atoms with E-state index in [9.17, 15) is 9.59 Å². The van der Waals surface area contributed by atoms with E-state index in [1.165, 1.54) is 0 Å². The molecule has 0 aliphatic carbocycles. The third kappa shape index (κ3) is 6.30. The first kappa shape index (κ1) is 21.4. The van der Waals surface area contributed by atoms with Crippen molar-refractivity contribution in [1.29, 1.82) is 0 Å². The summed E-state index contributed by atoms with van der Waals surface area (Å²) in [5, 5.41) is 6.25. The molecule has 6 nitrogen and oxygen atoms in total. The second-order valence-electron chi connectivity index (χ2n) is 5.90. The molecule has 1 aliphatic heterocycles. The molecule has 140 valence electrons. The van der Waals surface area contributed by atoms with E-state index in [1.54, 1.807) is 29.2 Å². The van der Waals surface area contributed by atoms with Crippen LogP contribution in [-0.2, 0) is 0 Å². The van der Waals surface area contributed by atoms with Crippen LogP contribution in [0, 0.1) is 0 Å². The highest BCUT2D eigenvalue weighted by atomic mass is 35.5. The number of benzene rings is 1. The zero-order chi connectivity index (χ0) is 17.4. The largest absolute Gasteiger partial charge is 0.351 e. The normalized spacial score (nSPS) is 14.5. The van der Waals surface area contributed by atoms with Crippen molar-refractivity contribution in [1.82, 2.24) is 20.4 Å². The van der Waals surface area contributed by atoms with Crippen molar-refractivity contribution in [2.24, 2.45) is 0 Å². The lowest BCUT2D eigenvalue weighted by Gasteiger charge is -2.27. The number of hydrogen-bond acceptors (Lipinski definition) is 4. The van der Waals surface area contributed by atoms with Gasteiger partial charge >= 0.3 is 0 Å². The summed E-state index contributed by atoms with van der Waals surface area (Å²) in [6.07, 6.45) is 0. The maximum Gasteiger partial charge on any atom is 0.253 e. The number of carbonyl (C=O) groups excluding carboxylic acids is 2. The number of rotatable bonds is 7. The average molecular weight is 369 g/mol. The fraction of sp³-hybridized carbons (Fsp3) is 0.556. The number of nitrogens with one attached hydrogen (secondary N) is 2. The lowest BCUT2D eigenvalue weighted by atomic mass is 10.1. The van der Waals surface area contributed by atoms with Crippen LogP contribution in [0.25, 0.3) is 0 Å². The van der Waals surface area contributed by atoms with Crippen LogP contribution in [0.3, 0.4) is 0 Å². The van der Waals surface area contributed by atoms with Gasteiger partial charge in [-0.25, -0.2) is 0 Å². The Hall–Kier alpha value is -1.63. The molecule has 25 heavy (non-hydrogen) atoms. The molecule has 0 radical (unpaired) electrons. The van der Waals surface area contributed by atoms with Crippen molar-refractivity contribution in [3.05, 3.63) is 35.4 Å². The summed E-state index contributed by atoms with van der Waals surface area (Å²) in [5.74, 6) is -0.0855. The molecule has 0 saturated carbocycles. The van der Waals surface area contributed by atoms with Crippen molar-refractivity contribution in [2.45, 2.75) is 13.8 Å². The first-order valence-corrected chi connectivity index (χ1v) is 8.76. The van der Waals surface area contributed by atoms with Gasteiger partial charge in [0.05, 0.1) is 0 Å². The summed E-state index contributed by atoms with van der Waals surface area (Å²) in [7, 11) is 0. The number of hydrogen-bond donors (Lipinski definition) is 2. The minimum Gasteiger partial charge on any atom is -0.351 e. The zero-order valence-electron chi connectivity index (χ0n) is 15.1. The molecule has 0 atom stereocenters. The van der Waals surface area contributed by atoms with Crippen LogP contribution >= 0.6 is 12.4 Å². The van der Waals surface area contributed by atoms with Gasteiger partial charge in [-0.15, -0.1) is 12.4 Å². The molecule has 2 N–H and O–H groups in total. The predicted octanol–water partition coefficient (Wildman–Crippen LogP) is 1.23. The van der Waals surface area contributed by atoms with E-state index in [0.29, 0.717) is 30.8 Å². The van der Waals surface area contributed by atoms with Crippen LogP contribution in [-0.4, -0.2) is 74.0 Å². The molecule has 0 spiro atoms. The Morgan fingerprint density at radius 1 is 1.08 bits per heavy atom. The minimum atomic E-state index is -0.0908. The first-order valence-electron chi connectivity index (χ1n) is 8.76. The number of nitrogens with zero attached hydrogens (tertiary/aromatic N) is 2. The van der Waals surface area contributed by atoms with E-state index in [0.717, 1.165) is 32.7 Å². The van der Waals surface area contributed by atoms with Gasteiger partial charge in [0.1, 0.15) is 0 Å². The quantitative estimate of drug-likeness (QED) is 0.759. The number of amides is 2. The van der Waals surface area contributed by atoms with Crippen molar-refractivity contribution in [2.75, 3.05) is 52.4 Å². The smallest absolute Gasteiger partial charge is 0.253 e. The maximum atomic E-state index is 12.2. The highest BCUT2D eigenvalue weighted by Crippen LogP contribution is 2.08. The number of piperazine rings is 1. The molecule has 1 aromatic carbocycles. The zero-order valence-corrected chi connectivity index (χ0v) is 15.9. The lowest BCUT2D eigenvalue weighted by Crippen LogP contribution is -2.46. The molecule has 2 rings (SSSR count). The minimum absolute atomic E-state index is 0. The highest BCUT2D eigenvalue weighted by molar-refractivity contribution is 5.97. The van der Waals surface area contributed by atoms with Gasteiger partial charge in [-0.05, 0) is 38.1 Å². The van der Waals surface area contributed by atoms with Crippen LogP contribution in [0.1, 0.15) is 34.6 Å². The molecule has 1 aromatic rings. The Kier molecular flexibility index (Phi) is 9.49. The fourth-order valence-corrected chi connectivity index (χ4v) is 2.82. The summed E-state index contributed by atoms with van der Waals surface area (Å²) in [4.78, 5) is 28.5. The molecule has 0 bridgehead atoms. The van der Waals surface area contributed by atoms with Gasteiger partial charge in [-0.2, -0.15) is 0 Å². The van der Waals surface area contributed by atoms with Crippen molar-refractivity contribution in [3.8, 4) is 0 Å². The van der Waals surface area contributed by atoms with Crippen LogP contribution in [0.2, 0.25) is 0 Å². The Bertz CT molecular complexity index is 541.